The van der Waals surface area contributed by atoms with Gasteiger partial charge in [-0.2, -0.15) is 0 Å². The molecule has 0 aliphatic carbocycles. The molecule has 2 rings (SSSR count). The van der Waals surface area contributed by atoms with Crippen molar-refractivity contribution in [3.63, 3.8) is 0 Å². The van der Waals surface area contributed by atoms with Gasteiger partial charge in [0.15, 0.2) is 0 Å². The molecule has 0 saturated carbocycles. The largest absolute Gasteiger partial charge is 0.497 e. The van der Waals surface area contributed by atoms with Gasteiger partial charge in [0.1, 0.15) is 11.8 Å². The Labute approximate surface area is 142 Å². The van der Waals surface area contributed by atoms with Crippen LogP contribution in [0.4, 0.5) is 5.69 Å². The van der Waals surface area contributed by atoms with Gasteiger partial charge in [0.25, 0.3) is 5.91 Å². The van der Waals surface area contributed by atoms with Gasteiger partial charge >= 0.3 is 0 Å². The van der Waals surface area contributed by atoms with Crippen molar-refractivity contribution in [3.05, 3.63) is 60.2 Å². The van der Waals surface area contributed by atoms with Crippen LogP contribution in [0.1, 0.15) is 24.2 Å². The minimum Gasteiger partial charge on any atom is -0.497 e. The van der Waals surface area contributed by atoms with Crippen molar-refractivity contribution in [1.29, 1.82) is 0 Å². The number of anilines is 1. The van der Waals surface area contributed by atoms with Crippen LogP contribution in [0, 0.1) is 5.92 Å². The topological polar surface area (TPSA) is 67.4 Å². The Hall–Kier alpha value is -2.82. The Balaban J connectivity index is 2.06. The number of benzene rings is 2. The summed E-state index contributed by atoms with van der Waals surface area (Å²) in [7, 11) is 1.58. The Morgan fingerprint density at radius 2 is 1.58 bits per heavy atom. The van der Waals surface area contributed by atoms with E-state index >= 15 is 0 Å². The van der Waals surface area contributed by atoms with E-state index in [9.17, 15) is 9.59 Å². The fourth-order valence-corrected chi connectivity index (χ4v) is 2.24. The van der Waals surface area contributed by atoms with Crippen molar-refractivity contribution in [1.82, 2.24) is 5.32 Å². The predicted octanol–water partition coefficient (Wildman–Crippen LogP) is 3.09. The number of hydrogen-bond acceptors (Lipinski definition) is 3. The number of carbonyl (C=O) groups is 2. The fourth-order valence-electron chi connectivity index (χ4n) is 2.24. The van der Waals surface area contributed by atoms with Gasteiger partial charge in [-0.1, -0.05) is 32.0 Å². The van der Waals surface area contributed by atoms with Crippen LogP contribution in [0.5, 0.6) is 5.75 Å². The minimum atomic E-state index is -0.625. The zero-order chi connectivity index (χ0) is 17.5. The highest BCUT2D eigenvalue weighted by molar-refractivity contribution is 6.01. The second-order valence-corrected chi connectivity index (χ2v) is 5.78. The maximum atomic E-state index is 12.5. The number of carbonyl (C=O) groups excluding carboxylic acids is 2. The highest BCUT2D eigenvalue weighted by Gasteiger charge is 2.24. The molecule has 0 spiro atoms. The molecule has 0 aromatic heterocycles. The summed E-state index contributed by atoms with van der Waals surface area (Å²) in [5.41, 5.74) is 1.18. The van der Waals surface area contributed by atoms with Crippen molar-refractivity contribution in [3.8, 4) is 5.75 Å². The van der Waals surface area contributed by atoms with Crippen molar-refractivity contribution in [2.75, 3.05) is 12.4 Å². The van der Waals surface area contributed by atoms with Crippen LogP contribution in [0.2, 0.25) is 0 Å². The first-order chi connectivity index (χ1) is 11.5. The molecule has 2 amide bonds. The average Bonchev–Trinajstić information content (AvgIpc) is 2.60. The van der Waals surface area contributed by atoms with E-state index < -0.39 is 6.04 Å². The normalized spacial score (nSPS) is 11.7. The van der Waals surface area contributed by atoms with Crippen LogP contribution < -0.4 is 15.4 Å². The van der Waals surface area contributed by atoms with Gasteiger partial charge in [-0.3, -0.25) is 9.59 Å². The Bertz CT molecular complexity index is 682. The summed E-state index contributed by atoms with van der Waals surface area (Å²) >= 11 is 0. The van der Waals surface area contributed by atoms with E-state index in [1.807, 2.05) is 19.9 Å². The van der Waals surface area contributed by atoms with E-state index in [0.717, 1.165) is 0 Å². The molecule has 0 unspecified atom stereocenters. The van der Waals surface area contributed by atoms with Crippen LogP contribution in [0.25, 0.3) is 0 Å². The molecule has 5 heteroatoms. The first-order valence-corrected chi connectivity index (χ1v) is 7.82. The molecule has 126 valence electrons. The molecule has 24 heavy (non-hydrogen) atoms. The summed E-state index contributed by atoms with van der Waals surface area (Å²) in [6.07, 6.45) is 0. The molecule has 2 N–H and O–H groups in total. The number of nitrogens with one attached hydrogen (secondary N) is 2. The molecule has 0 aliphatic heterocycles. The van der Waals surface area contributed by atoms with Gasteiger partial charge in [-0.25, -0.2) is 0 Å². The summed E-state index contributed by atoms with van der Waals surface area (Å²) in [5.74, 6) is 0.153. The van der Waals surface area contributed by atoms with Gasteiger partial charge < -0.3 is 15.4 Å². The van der Waals surface area contributed by atoms with Crippen LogP contribution in [0.3, 0.4) is 0 Å². The smallest absolute Gasteiger partial charge is 0.251 e. The number of amides is 2. The molecule has 0 fully saturated rings. The third kappa shape index (κ3) is 4.59. The molecule has 1 atom stereocenters. The number of methoxy groups -OCH3 is 1. The lowest BCUT2D eigenvalue weighted by Gasteiger charge is -2.22. The number of hydrogen-bond donors (Lipinski definition) is 2. The van der Waals surface area contributed by atoms with E-state index in [4.69, 9.17) is 4.74 Å². The van der Waals surface area contributed by atoms with E-state index in [0.29, 0.717) is 17.0 Å². The van der Waals surface area contributed by atoms with Crippen molar-refractivity contribution >= 4 is 17.5 Å². The van der Waals surface area contributed by atoms with Crippen molar-refractivity contribution in [2.45, 2.75) is 19.9 Å². The second-order valence-electron chi connectivity index (χ2n) is 5.78. The quantitative estimate of drug-likeness (QED) is 0.857. The van der Waals surface area contributed by atoms with Gasteiger partial charge in [0.05, 0.1) is 7.11 Å². The van der Waals surface area contributed by atoms with Crippen LogP contribution >= 0.6 is 0 Å². The monoisotopic (exact) mass is 326 g/mol. The Morgan fingerprint density at radius 3 is 2.12 bits per heavy atom. The highest BCUT2D eigenvalue weighted by atomic mass is 16.5. The van der Waals surface area contributed by atoms with Crippen LogP contribution in [-0.2, 0) is 4.79 Å². The third-order valence-corrected chi connectivity index (χ3v) is 3.63. The molecule has 0 heterocycles. The molecule has 2 aromatic rings. The lowest BCUT2D eigenvalue weighted by molar-refractivity contribution is -0.118. The summed E-state index contributed by atoms with van der Waals surface area (Å²) in [4.78, 5) is 24.8. The van der Waals surface area contributed by atoms with Gasteiger partial charge in [-0.15, -0.1) is 0 Å². The minimum absolute atomic E-state index is 0.0455. The summed E-state index contributed by atoms with van der Waals surface area (Å²) in [5, 5.41) is 5.62. The maximum Gasteiger partial charge on any atom is 0.251 e. The first-order valence-electron chi connectivity index (χ1n) is 7.82. The molecular weight excluding hydrogens is 304 g/mol. The number of ether oxygens (including phenoxy) is 1. The Kier molecular flexibility index (Phi) is 5.95. The van der Waals surface area contributed by atoms with Crippen LogP contribution in [0.15, 0.2) is 54.6 Å². The summed E-state index contributed by atoms with van der Waals surface area (Å²) in [6.45, 7) is 3.78. The summed E-state index contributed by atoms with van der Waals surface area (Å²) in [6, 6.07) is 15.3. The molecule has 0 radical (unpaired) electrons. The zero-order valence-electron chi connectivity index (χ0n) is 14.1. The third-order valence-electron chi connectivity index (χ3n) is 3.63. The molecular formula is C19H22N2O3. The molecule has 5 nitrogen and oxygen atoms in total. The van der Waals surface area contributed by atoms with E-state index in [1.54, 1.807) is 55.6 Å². The maximum absolute atomic E-state index is 12.5. The first kappa shape index (κ1) is 17.5. The van der Waals surface area contributed by atoms with E-state index in [1.165, 1.54) is 0 Å². The van der Waals surface area contributed by atoms with E-state index in [-0.39, 0.29) is 17.7 Å². The van der Waals surface area contributed by atoms with E-state index in [2.05, 4.69) is 10.6 Å². The van der Waals surface area contributed by atoms with Crippen LogP contribution in [-0.4, -0.2) is 25.0 Å². The standard InChI is InChI=1S/C19H22N2O3/c1-13(2)17(21-18(22)14-7-5-4-6-8-14)19(23)20-15-9-11-16(24-3)12-10-15/h4-13,17H,1-3H3,(H,20,23)(H,21,22)/t17-/m1/s1. The van der Waals surface area contributed by atoms with Crippen molar-refractivity contribution in [2.24, 2.45) is 5.92 Å². The zero-order valence-corrected chi connectivity index (χ0v) is 14.1. The Morgan fingerprint density at radius 1 is 0.958 bits per heavy atom. The number of rotatable bonds is 6. The van der Waals surface area contributed by atoms with Gasteiger partial charge in [0.2, 0.25) is 5.91 Å². The molecule has 0 bridgehead atoms. The SMILES string of the molecule is COc1ccc(NC(=O)[C@H](NC(=O)c2ccccc2)C(C)C)cc1. The highest BCUT2D eigenvalue weighted by Crippen LogP contribution is 2.16. The molecule has 0 aliphatic rings. The average molecular weight is 326 g/mol. The second kappa shape index (κ2) is 8.15. The summed E-state index contributed by atoms with van der Waals surface area (Å²) < 4.78 is 5.09. The molecule has 0 saturated heterocycles. The van der Waals surface area contributed by atoms with Gasteiger partial charge in [-0.05, 0) is 42.3 Å². The fraction of sp³-hybridized carbons (Fsp3) is 0.263. The van der Waals surface area contributed by atoms with Gasteiger partial charge in [0, 0.05) is 11.3 Å². The lowest BCUT2D eigenvalue weighted by atomic mass is 10.0. The molecule has 2 aromatic carbocycles. The lowest BCUT2D eigenvalue weighted by Crippen LogP contribution is -2.47. The predicted molar refractivity (Wildman–Crippen MR) is 94.2 cm³/mol. The van der Waals surface area contributed by atoms with Crippen molar-refractivity contribution < 1.29 is 14.3 Å².